The lowest BCUT2D eigenvalue weighted by Gasteiger charge is -2.34. The Morgan fingerprint density at radius 2 is 1.80 bits per heavy atom. The Hall–Kier alpha value is -3.45. The Morgan fingerprint density at radius 3 is 2.63 bits per heavy atom. The zero-order valence-electron chi connectivity index (χ0n) is 20.1. The monoisotopic (exact) mass is 472 g/mol. The van der Waals surface area contributed by atoms with Crippen molar-refractivity contribution in [1.82, 2.24) is 19.4 Å². The van der Waals surface area contributed by atoms with Crippen molar-refractivity contribution in [2.24, 2.45) is 0 Å². The quantitative estimate of drug-likeness (QED) is 0.550. The number of amides is 1. The summed E-state index contributed by atoms with van der Waals surface area (Å²) < 4.78 is 7.61. The molecular weight excluding hydrogens is 440 g/mol. The van der Waals surface area contributed by atoms with E-state index in [0.717, 1.165) is 51.1 Å². The molecule has 0 saturated carbocycles. The number of carbonyl (C=O) groups is 1. The summed E-state index contributed by atoms with van der Waals surface area (Å²) in [4.78, 5) is 34.7. The van der Waals surface area contributed by atoms with E-state index in [0.29, 0.717) is 36.3 Å². The van der Waals surface area contributed by atoms with Crippen LogP contribution in [0.15, 0.2) is 59.4 Å². The highest BCUT2D eigenvalue weighted by molar-refractivity contribution is 5.80. The molecule has 35 heavy (non-hydrogen) atoms. The molecule has 0 N–H and O–H groups in total. The SMILES string of the molecule is O=C(COc1ccc2nc3n(c(=O)c2c1)CCCCC3)N1CCN(CC=Cc2ccccc2)CC1. The van der Waals surface area contributed by atoms with Crippen LogP contribution in [0.4, 0.5) is 0 Å². The number of aromatic nitrogens is 2. The minimum atomic E-state index is -0.0287. The van der Waals surface area contributed by atoms with E-state index in [1.165, 1.54) is 5.56 Å². The molecule has 0 aliphatic carbocycles. The van der Waals surface area contributed by atoms with Gasteiger partial charge in [-0.15, -0.1) is 0 Å². The first kappa shape index (κ1) is 23.3. The molecule has 3 aromatic rings. The molecule has 7 heteroatoms. The summed E-state index contributed by atoms with van der Waals surface area (Å²) in [5, 5.41) is 0.553. The first-order valence-electron chi connectivity index (χ1n) is 12.6. The number of hydrogen-bond acceptors (Lipinski definition) is 5. The first-order chi connectivity index (χ1) is 17.2. The van der Waals surface area contributed by atoms with E-state index in [2.05, 4.69) is 29.2 Å². The molecule has 1 aromatic heterocycles. The lowest BCUT2D eigenvalue weighted by molar-refractivity contribution is -0.135. The van der Waals surface area contributed by atoms with Crippen LogP contribution in [0.5, 0.6) is 5.75 Å². The molecular formula is C28H32N4O3. The topological polar surface area (TPSA) is 67.7 Å². The fourth-order valence-corrected chi connectivity index (χ4v) is 4.81. The van der Waals surface area contributed by atoms with Crippen LogP contribution in [0, 0.1) is 0 Å². The maximum Gasteiger partial charge on any atom is 0.261 e. The third-order valence-electron chi connectivity index (χ3n) is 6.85. The number of aryl methyl sites for hydroxylation is 1. The number of piperazine rings is 1. The standard InChI is InChI=1S/C28H32N4O3/c33-27(31-18-16-30(17-19-31)14-7-10-22-8-3-1-4-9-22)21-35-23-12-13-25-24(20-23)28(34)32-15-6-2-5-11-26(32)29-25/h1,3-4,7-10,12-13,20H,2,5-6,11,14-19,21H2. The van der Waals surface area contributed by atoms with E-state index >= 15 is 0 Å². The summed E-state index contributed by atoms with van der Waals surface area (Å²) >= 11 is 0. The van der Waals surface area contributed by atoms with Crippen molar-refractivity contribution in [1.29, 1.82) is 0 Å². The highest BCUT2D eigenvalue weighted by Crippen LogP contribution is 2.20. The Morgan fingerprint density at radius 1 is 0.971 bits per heavy atom. The van der Waals surface area contributed by atoms with E-state index < -0.39 is 0 Å². The van der Waals surface area contributed by atoms with Crippen molar-refractivity contribution < 1.29 is 9.53 Å². The van der Waals surface area contributed by atoms with Gasteiger partial charge in [0.25, 0.3) is 11.5 Å². The third kappa shape index (κ3) is 5.62. The number of ether oxygens (including phenoxy) is 1. The van der Waals surface area contributed by atoms with Crippen molar-refractivity contribution >= 4 is 22.9 Å². The van der Waals surface area contributed by atoms with Gasteiger partial charge in [-0.2, -0.15) is 0 Å². The molecule has 0 bridgehead atoms. The summed E-state index contributed by atoms with van der Waals surface area (Å²) in [6.07, 6.45) is 8.34. The molecule has 2 aliphatic rings. The van der Waals surface area contributed by atoms with E-state index in [9.17, 15) is 9.59 Å². The average Bonchev–Trinajstić information content (AvgIpc) is 3.14. The van der Waals surface area contributed by atoms with Gasteiger partial charge in [0.15, 0.2) is 6.61 Å². The van der Waals surface area contributed by atoms with Gasteiger partial charge in [-0.1, -0.05) is 48.9 Å². The second kappa shape index (κ2) is 10.9. The van der Waals surface area contributed by atoms with Gasteiger partial charge in [0.05, 0.1) is 10.9 Å². The van der Waals surface area contributed by atoms with Crippen LogP contribution in [0.25, 0.3) is 17.0 Å². The summed E-state index contributed by atoms with van der Waals surface area (Å²) in [6, 6.07) is 15.6. The maximum atomic E-state index is 13.0. The van der Waals surface area contributed by atoms with Crippen molar-refractivity contribution in [2.45, 2.75) is 32.2 Å². The molecule has 2 aromatic carbocycles. The van der Waals surface area contributed by atoms with Crippen molar-refractivity contribution in [2.75, 3.05) is 39.3 Å². The zero-order valence-corrected chi connectivity index (χ0v) is 20.1. The number of fused-ring (bicyclic) bond motifs is 2. The predicted molar refractivity (Wildman–Crippen MR) is 138 cm³/mol. The summed E-state index contributed by atoms with van der Waals surface area (Å²) in [5.74, 6) is 1.38. The first-order valence-corrected chi connectivity index (χ1v) is 12.6. The van der Waals surface area contributed by atoms with Crippen LogP contribution in [-0.2, 0) is 17.8 Å². The molecule has 0 atom stereocenters. The highest BCUT2D eigenvalue weighted by Gasteiger charge is 2.21. The minimum absolute atomic E-state index is 0.0129. The van der Waals surface area contributed by atoms with Crippen LogP contribution < -0.4 is 10.3 Å². The third-order valence-corrected chi connectivity index (χ3v) is 6.85. The number of benzene rings is 2. The zero-order chi connectivity index (χ0) is 24.0. The second-order valence-electron chi connectivity index (χ2n) is 9.26. The van der Waals surface area contributed by atoms with Gasteiger partial charge in [0.2, 0.25) is 0 Å². The predicted octanol–water partition coefficient (Wildman–Crippen LogP) is 3.36. The van der Waals surface area contributed by atoms with Crippen LogP contribution in [-0.4, -0.2) is 64.6 Å². The van der Waals surface area contributed by atoms with Crippen LogP contribution in [0.3, 0.4) is 0 Å². The maximum absolute atomic E-state index is 13.0. The molecule has 7 nitrogen and oxygen atoms in total. The Labute approximate surface area is 205 Å². The number of nitrogens with zero attached hydrogens (tertiary/aromatic N) is 4. The van der Waals surface area contributed by atoms with Crippen LogP contribution in [0.1, 0.15) is 30.7 Å². The lowest BCUT2D eigenvalue weighted by atomic mass is 10.2. The van der Waals surface area contributed by atoms with Crippen LogP contribution in [0.2, 0.25) is 0 Å². The molecule has 1 amide bonds. The van der Waals surface area contributed by atoms with Gasteiger partial charge in [-0.3, -0.25) is 19.1 Å². The van der Waals surface area contributed by atoms with E-state index in [1.54, 1.807) is 16.7 Å². The number of carbonyl (C=O) groups excluding carboxylic acids is 1. The van der Waals surface area contributed by atoms with Gasteiger partial charge in [0, 0.05) is 45.7 Å². The summed E-state index contributed by atoms with van der Waals surface area (Å²) in [5.41, 5.74) is 1.88. The average molecular weight is 473 g/mol. The molecule has 1 fully saturated rings. The second-order valence-corrected chi connectivity index (χ2v) is 9.26. The van der Waals surface area contributed by atoms with Crippen molar-refractivity contribution in [3.05, 3.63) is 76.3 Å². The van der Waals surface area contributed by atoms with Gasteiger partial charge in [-0.25, -0.2) is 4.98 Å². The van der Waals surface area contributed by atoms with E-state index in [-0.39, 0.29) is 18.1 Å². The van der Waals surface area contributed by atoms with E-state index in [1.807, 2.05) is 29.2 Å². The lowest BCUT2D eigenvalue weighted by Crippen LogP contribution is -2.49. The fraction of sp³-hybridized carbons (Fsp3) is 0.393. The summed E-state index contributed by atoms with van der Waals surface area (Å²) in [6.45, 7) is 4.63. The van der Waals surface area contributed by atoms with Gasteiger partial charge >= 0.3 is 0 Å². The molecule has 5 rings (SSSR count). The Bertz CT molecular complexity index is 1260. The van der Waals surface area contributed by atoms with E-state index in [4.69, 9.17) is 9.72 Å². The van der Waals surface area contributed by atoms with Crippen molar-refractivity contribution in [3.63, 3.8) is 0 Å². The molecule has 3 heterocycles. The molecule has 0 spiro atoms. The number of rotatable bonds is 6. The summed E-state index contributed by atoms with van der Waals surface area (Å²) in [7, 11) is 0. The molecule has 182 valence electrons. The molecule has 0 radical (unpaired) electrons. The van der Waals surface area contributed by atoms with Gasteiger partial charge < -0.3 is 9.64 Å². The Balaban J connectivity index is 1.14. The van der Waals surface area contributed by atoms with Gasteiger partial charge in [-0.05, 0) is 36.6 Å². The largest absolute Gasteiger partial charge is 0.484 e. The fourth-order valence-electron chi connectivity index (χ4n) is 4.81. The molecule has 1 saturated heterocycles. The minimum Gasteiger partial charge on any atom is -0.484 e. The van der Waals surface area contributed by atoms with Crippen molar-refractivity contribution in [3.8, 4) is 5.75 Å². The Kier molecular flexibility index (Phi) is 7.23. The molecule has 0 unspecified atom stereocenters. The molecule has 2 aliphatic heterocycles. The highest BCUT2D eigenvalue weighted by atomic mass is 16.5. The van der Waals surface area contributed by atoms with Gasteiger partial charge in [0.1, 0.15) is 11.6 Å². The smallest absolute Gasteiger partial charge is 0.261 e. The van der Waals surface area contributed by atoms with Crippen LogP contribution >= 0.6 is 0 Å². The number of hydrogen-bond donors (Lipinski definition) is 0. The normalized spacial score (nSPS) is 16.9.